The van der Waals surface area contributed by atoms with Crippen LogP contribution in [0.1, 0.15) is 32.6 Å². The summed E-state index contributed by atoms with van der Waals surface area (Å²) in [5, 5.41) is 0. The van der Waals surface area contributed by atoms with Crippen LogP contribution in [0.2, 0.25) is 0 Å². The van der Waals surface area contributed by atoms with Gasteiger partial charge in [0.15, 0.2) is 0 Å². The third-order valence-corrected chi connectivity index (χ3v) is 6.65. The maximum Gasteiger partial charge on any atom is 0.215 e. The maximum atomic E-state index is 2.77. The Bertz CT molecular complexity index is 177. The van der Waals surface area contributed by atoms with Gasteiger partial charge in [-0.2, -0.15) is 0 Å². The molecule has 0 aromatic rings. The number of nitrogens with zero attached hydrogens (tertiary/aromatic N) is 2. The minimum absolute atomic E-state index is 0.853. The molecule has 0 aliphatic carbocycles. The van der Waals surface area contributed by atoms with Crippen molar-refractivity contribution in [3.63, 3.8) is 0 Å². The van der Waals surface area contributed by atoms with Crippen molar-refractivity contribution in [2.45, 2.75) is 32.6 Å². The molecule has 0 bridgehead atoms. The first kappa shape index (κ1) is 10.4. The molecule has 2 aliphatic heterocycles. The summed E-state index contributed by atoms with van der Waals surface area (Å²) in [5.74, 6) is 0. The molecule has 0 radical (unpaired) electrons. The molecule has 3 heteroatoms. The van der Waals surface area contributed by atoms with Gasteiger partial charge in [-0.1, -0.05) is 11.8 Å². The van der Waals surface area contributed by atoms with Crippen molar-refractivity contribution >= 4 is 9.12 Å². The molecule has 2 saturated heterocycles. The minimum Gasteiger partial charge on any atom is -0.311 e. The summed E-state index contributed by atoms with van der Waals surface area (Å²) >= 11 is 0. The largest absolute Gasteiger partial charge is 0.311 e. The van der Waals surface area contributed by atoms with Crippen molar-refractivity contribution in [2.24, 2.45) is 0 Å². The Labute approximate surface area is 89.3 Å². The van der Waals surface area contributed by atoms with Crippen molar-refractivity contribution in [3.8, 4) is 0 Å². The topological polar surface area (TPSA) is 6.48 Å². The van der Waals surface area contributed by atoms with Crippen LogP contribution in [-0.2, 0) is 0 Å². The lowest BCUT2D eigenvalue weighted by molar-refractivity contribution is 0.435. The number of hydrogen-bond acceptors (Lipinski definition) is 2. The van der Waals surface area contributed by atoms with Gasteiger partial charge in [-0.15, -0.1) is 0 Å². The van der Waals surface area contributed by atoms with E-state index in [1.165, 1.54) is 51.9 Å². The lowest BCUT2D eigenvalue weighted by Crippen LogP contribution is -2.49. The second kappa shape index (κ2) is 5.10. The van der Waals surface area contributed by atoms with E-state index in [4.69, 9.17) is 0 Å². The van der Waals surface area contributed by atoms with Crippen LogP contribution in [0, 0.1) is 0 Å². The van der Waals surface area contributed by atoms with Crippen LogP contribution in [0.4, 0.5) is 0 Å². The van der Waals surface area contributed by atoms with Crippen molar-refractivity contribution in [2.75, 3.05) is 26.2 Å². The van der Waals surface area contributed by atoms with E-state index < -0.39 is 9.12 Å². The van der Waals surface area contributed by atoms with E-state index in [0.717, 1.165) is 0 Å². The van der Waals surface area contributed by atoms with Crippen LogP contribution < -0.4 is 0 Å². The van der Waals surface area contributed by atoms with E-state index in [1.807, 2.05) is 0 Å². The highest BCUT2D eigenvalue weighted by Gasteiger charge is 2.28. The predicted octanol–water partition coefficient (Wildman–Crippen LogP) is 1.51. The zero-order chi connectivity index (χ0) is 9.80. The first-order valence-electron chi connectivity index (χ1n) is 6.03. The molecule has 0 amide bonds. The van der Waals surface area contributed by atoms with Gasteiger partial charge in [-0.05, 0) is 58.8 Å². The molecule has 14 heavy (non-hydrogen) atoms. The molecule has 0 atom stereocenters. The molecule has 2 aliphatic rings. The fourth-order valence-electron chi connectivity index (χ4n) is 2.66. The van der Waals surface area contributed by atoms with Gasteiger partial charge in [0.05, 0.1) is 0 Å². The first-order valence-corrected chi connectivity index (χ1v) is 7.72. The van der Waals surface area contributed by atoms with Gasteiger partial charge in [0, 0.05) is 0 Å². The Morgan fingerprint density at radius 1 is 0.857 bits per heavy atom. The Morgan fingerprint density at radius 2 is 1.29 bits per heavy atom. The molecule has 0 saturated carbocycles. The van der Waals surface area contributed by atoms with Gasteiger partial charge in [0.1, 0.15) is 0 Å². The molecule has 80 valence electrons. The van der Waals surface area contributed by atoms with Crippen LogP contribution in [-0.4, -0.2) is 44.4 Å². The van der Waals surface area contributed by atoms with Gasteiger partial charge in [-0.25, -0.2) is 0 Å². The third-order valence-electron chi connectivity index (χ3n) is 3.39. The Hall–Kier alpha value is -0.123. The van der Waals surface area contributed by atoms with Crippen molar-refractivity contribution < 1.29 is 0 Å². The van der Waals surface area contributed by atoms with Crippen LogP contribution >= 0.6 is 0 Å². The molecule has 0 aromatic heterocycles. The molecule has 0 unspecified atom stereocenters. The molecule has 2 fully saturated rings. The van der Waals surface area contributed by atoms with Gasteiger partial charge >= 0.3 is 0 Å². The predicted molar refractivity (Wildman–Crippen MR) is 63.6 cm³/mol. The molecular weight excluding hydrogens is 188 g/mol. The molecule has 0 spiro atoms. The normalized spacial score (nSPS) is 25.9. The summed E-state index contributed by atoms with van der Waals surface area (Å²) in [6, 6.07) is 0. The zero-order valence-electron chi connectivity index (χ0n) is 9.28. The highest BCUT2D eigenvalue weighted by molar-refractivity contribution is 6.58. The quantitative estimate of drug-likeness (QED) is 0.652. The molecule has 0 aromatic carbocycles. The molecule has 0 N–H and O–H groups in total. The van der Waals surface area contributed by atoms with E-state index in [9.17, 15) is 0 Å². The fraction of sp³-hybridized carbons (Fsp3) is 0.818. The first-order chi connectivity index (χ1) is 6.92. The monoisotopic (exact) mass is 210 g/mol. The lowest BCUT2D eigenvalue weighted by Gasteiger charge is -2.31. The van der Waals surface area contributed by atoms with Crippen molar-refractivity contribution in [1.29, 1.82) is 0 Å². The highest BCUT2D eigenvalue weighted by Crippen LogP contribution is 2.17. The number of allylic oxidation sites excluding steroid dienone is 1. The Balaban J connectivity index is 1.98. The smallest absolute Gasteiger partial charge is 0.215 e. The van der Waals surface area contributed by atoms with Crippen molar-refractivity contribution in [1.82, 2.24) is 9.13 Å². The summed E-state index contributed by atoms with van der Waals surface area (Å²) in [4.78, 5) is 0. The molecule has 2 heterocycles. The number of rotatable bonds is 3. The average Bonchev–Trinajstić information content (AvgIpc) is 2.87. The second-order valence-corrected chi connectivity index (χ2v) is 7.10. The Morgan fingerprint density at radius 3 is 1.64 bits per heavy atom. The second-order valence-electron chi connectivity index (χ2n) is 4.43. The van der Waals surface area contributed by atoms with E-state index in [2.05, 4.69) is 27.8 Å². The van der Waals surface area contributed by atoms with Gasteiger partial charge < -0.3 is 9.13 Å². The van der Waals surface area contributed by atoms with Crippen LogP contribution in [0.5, 0.6) is 0 Å². The van der Waals surface area contributed by atoms with Crippen molar-refractivity contribution in [3.05, 3.63) is 11.8 Å². The lowest BCUT2D eigenvalue weighted by atomic mass is 10.4. The maximum absolute atomic E-state index is 2.77. The summed E-state index contributed by atoms with van der Waals surface area (Å²) in [5.41, 5.74) is 2.51. The van der Waals surface area contributed by atoms with E-state index in [1.54, 1.807) is 0 Å². The average molecular weight is 210 g/mol. The SMILES string of the molecule is CC=C[SiH](N1CCCC1)N1CCCC1. The van der Waals surface area contributed by atoms with Crippen LogP contribution in [0.25, 0.3) is 0 Å². The van der Waals surface area contributed by atoms with Gasteiger partial charge in [-0.3, -0.25) is 0 Å². The summed E-state index contributed by atoms with van der Waals surface area (Å²) in [7, 11) is -0.853. The number of hydrogen-bond donors (Lipinski definition) is 0. The fourth-order valence-corrected chi connectivity index (χ4v) is 5.74. The summed E-state index contributed by atoms with van der Waals surface area (Å²) < 4.78 is 5.54. The summed E-state index contributed by atoms with van der Waals surface area (Å²) in [6.45, 7) is 7.61. The van der Waals surface area contributed by atoms with Gasteiger partial charge in [0.25, 0.3) is 0 Å². The van der Waals surface area contributed by atoms with E-state index in [-0.39, 0.29) is 0 Å². The Kier molecular flexibility index (Phi) is 3.79. The van der Waals surface area contributed by atoms with E-state index in [0.29, 0.717) is 0 Å². The highest BCUT2D eigenvalue weighted by atomic mass is 28.3. The minimum atomic E-state index is -0.853. The van der Waals surface area contributed by atoms with E-state index >= 15 is 0 Å². The molecule has 2 rings (SSSR count). The summed E-state index contributed by atoms with van der Waals surface area (Å²) in [6.07, 6.45) is 7.97. The van der Waals surface area contributed by atoms with Crippen LogP contribution in [0.15, 0.2) is 11.8 Å². The van der Waals surface area contributed by atoms with Crippen LogP contribution in [0.3, 0.4) is 0 Å². The molecular formula is C11H22N2Si. The van der Waals surface area contributed by atoms with Gasteiger partial charge in [0.2, 0.25) is 9.12 Å². The third kappa shape index (κ3) is 2.27. The molecule has 2 nitrogen and oxygen atoms in total. The zero-order valence-corrected chi connectivity index (χ0v) is 10.4. The standard InChI is InChI=1S/C11H22N2Si/c1-2-11-14(12-7-3-4-8-12)13-9-5-6-10-13/h2,11,14H,3-10H2,1H3.